The second-order valence-corrected chi connectivity index (χ2v) is 12.2. The molecule has 0 aromatic heterocycles. The highest BCUT2D eigenvalue weighted by Gasteiger charge is 2.62. The van der Waals surface area contributed by atoms with E-state index in [0.29, 0.717) is 21.6 Å². The largest absolute Gasteiger partial charge is 0.435 e. The van der Waals surface area contributed by atoms with Crippen molar-refractivity contribution in [2.45, 2.75) is 36.9 Å². The second kappa shape index (κ2) is 10.6. The van der Waals surface area contributed by atoms with E-state index in [-0.39, 0.29) is 32.6 Å². The molecule has 0 bridgehead atoms. The fraction of sp³-hybridized carbons (Fsp3) is 0.222. The summed E-state index contributed by atoms with van der Waals surface area (Å²) in [7, 11) is -3.11. The first-order valence-electron chi connectivity index (χ1n) is 11.5. The molecule has 2 unspecified atom stereocenters. The number of nitriles is 1. The number of hydrogen-bond acceptors (Lipinski definition) is 5. The first kappa shape index (κ1) is 28.6. The number of rotatable bonds is 5. The maximum absolute atomic E-state index is 14.3. The average Bonchev–Trinajstić information content (AvgIpc) is 3.35. The number of carbonyl (C=O) groups excluding carboxylic acids is 1. The van der Waals surface area contributed by atoms with Gasteiger partial charge in [-0.25, -0.2) is 4.21 Å². The minimum atomic E-state index is -4.85. The monoisotopic (exact) mass is 593 g/mol. The van der Waals surface area contributed by atoms with Crippen LogP contribution in [0.5, 0.6) is 0 Å². The third-order valence-electron chi connectivity index (χ3n) is 6.28. The average molecular weight is 594 g/mol. The van der Waals surface area contributed by atoms with Crippen molar-refractivity contribution in [3.8, 4) is 6.07 Å². The van der Waals surface area contributed by atoms with Gasteiger partial charge in [-0.05, 0) is 72.6 Å². The fourth-order valence-electron chi connectivity index (χ4n) is 4.14. The lowest BCUT2D eigenvalue weighted by molar-refractivity contribution is -0.275. The first-order valence-corrected chi connectivity index (χ1v) is 13.9. The van der Waals surface area contributed by atoms with Crippen LogP contribution in [0.1, 0.15) is 46.0 Å². The number of aryl methyl sites for hydroxylation is 1. The van der Waals surface area contributed by atoms with E-state index < -0.39 is 33.8 Å². The van der Waals surface area contributed by atoms with Crippen molar-refractivity contribution in [1.29, 1.82) is 5.26 Å². The third kappa shape index (κ3) is 5.53. The normalized spacial score (nSPS) is 18.5. The van der Waals surface area contributed by atoms with E-state index in [2.05, 4.69) is 9.52 Å². The van der Waals surface area contributed by atoms with Gasteiger partial charge in [0.05, 0.1) is 27.1 Å². The molecule has 4 rings (SSSR count). The Morgan fingerprint density at radius 1 is 1.13 bits per heavy atom. The molecule has 1 heterocycles. The summed E-state index contributed by atoms with van der Waals surface area (Å²) >= 11 is 11.9. The van der Waals surface area contributed by atoms with E-state index >= 15 is 0 Å². The molecule has 1 amide bonds. The number of benzene rings is 3. The number of amides is 1. The van der Waals surface area contributed by atoms with Crippen LogP contribution in [0.25, 0.3) is 0 Å². The van der Waals surface area contributed by atoms with Gasteiger partial charge in [-0.2, -0.15) is 22.8 Å². The third-order valence-corrected chi connectivity index (χ3v) is 8.97. The Bertz CT molecular complexity index is 1640. The molecule has 2 atom stereocenters. The zero-order valence-electron chi connectivity index (χ0n) is 20.6. The van der Waals surface area contributed by atoms with Gasteiger partial charge in [-0.1, -0.05) is 41.3 Å². The van der Waals surface area contributed by atoms with Crippen molar-refractivity contribution < 1.29 is 27.0 Å². The van der Waals surface area contributed by atoms with Crippen LogP contribution in [0.15, 0.2) is 75.1 Å². The predicted octanol–water partition coefficient (Wildman–Crippen LogP) is 7.44. The molecule has 0 N–H and O–H groups in total. The van der Waals surface area contributed by atoms with E-state index in [9.17, 15) is 22.2 Å². The molecular formula is C27H20Cl2F3N3O3S. The molecule has 3 aromatic rings. The van der Waals surface area contributed by atoms with Crippen LogP contribution in [0.2, 0.25) is 10.0 Å². The summed E-state index contributed by atoms with van der Waals surface area (Å²) in [6, 6.07) is 15.9. The van der Waals surface area contributed by atoms with Gasteiger partial charge in [0.25, 0.3) is 11.5 Å². The second-order valence-electron chi connectivity index (χ2n) is 8.78. The minimum Gasteiger partial charge on any atom is -0.374 e. The summed E-state index contributed by atoms with van der Waals surface area (Å²) in [5.74, 6) is -0.679. The summed E-state index contributed by atoms with van der Waals surface area (Å²) in [6.07, 6.45) is -5.49. The highest BCUT2D eigenvalue weighted by molar-refractivity contribution is 7.94. The van der Waals surface area contributed by atoms with Gasteiger partial charge in [0.15, 0.2) is 0 Å². The van der Waals surface area contributed by atoms with Crippen molar-refractivity contribution in [2.24, 2.45) is 9.52 Å². The molecule has 1 aliphatic rings. The lowest BCUT2D eigenvalue weighted by atomic mass is 9.86. The van der Waals surface area contributed by atoms with E-state index in [1.54, 1.807) is 13.8 Å². The zero-order valence-corrected chi connectivity index (χ0v) is 22.9. The molecule has 0 saturated carbocycles. The molecule has 202 valence electrons. The first-order chi connectivity index (χ1) is 18.3. The Labute approximate surface area is 233 Å². The zero-order chi connectivity index (χ0) is 28.6. The molecular weight excluding hydrogens is 574 g/mol. The SMILES string of the molecule is CCS(=O)(=NC(=O)c1ccc(C2=NOC(c3cc(Cl)cc(Cl)c3)(C(F)(F)F)C2)cc1C)c1ccc(C#N)cc1. The summed E-state index contributed by atoms with van der Waals surface area (Å²) in [5.41, 5.74) is -1.84. The lowest BCUT2D eigenvalue weighted by Crippen LogP contribution is -2.42. The molecule has 1 aliphatic heterocycles. The Hall–Kier alpha value is -3.39. The van der Waals surface area contributed by atoms with Crippen LogP contribution in [0.3, 0.4) is 0 Å². The highest BCUT2D eigenvalue weighted by Crippen LogP contribution is 2.49. The minimum absolute atomic E-state index is 0.0115. The quantitative estimate of drug-likeness (QED) is 0.307. The number of oxime groups is 1. The van der Waals surface area contributed by atoms with Crippen LogP contribution < -0.4 is 0 Å². The number of hydrogen-bond donors (Lipinski definition) is 0. The van der Waals surface area contributed by atoms with Crippen LogP contribution in [0, 0.1) is 18.3 Å². The Balaban J connectivity index is 1.65. The van der Waals surface area contributed by atoms with Gasteiger partial charge in [0, 0.05) is 38.2 Å². The fourth-order valence-corrected chi connectivity index (χ4v) is 6.16. The van der Waals surface area contributed by atoms with E-state index in [4.69, 9.17) is 33.3 Å². The number of nitrogens with zero attached hydrogens (tertiary/aromatic N) is 3. The molecule has 3 aromatic carbocycles. The van der Waals surface area contributed by atoms with Gasteiger partial charge < -0.3 is 4.84 Å². The lowest BCUT2D eigenvalue weighted by Gasteiger charge is -2.29. The Morgan fingerprint density at radius 3 is 2.31 bits per heavy atom. The maximum Gasteiger partial charge on any atom is 0.435 e. The predicted molar refractivity (Wildman–Crippen MR) is 142 cm³/mol. The van der Waals surface area contributed by atoms with Crippen LogP contribution in [-0.4, -0.2) is 27.8 Å². The van der Waals surface area contributed by atoms with Gasteiger partial charge in [0.1, 0.15) is 0 Å². The summed E-state index contributed by atoms with van der Waals surface area (Å²) in [5, 5.41) is 12.8. The van der Waals surface area contributed by atoms with Crippen molar-refractivity contribution in [2.75, 3.05) is 5.75 Å². The van der Waals surface area contributed by atoms with E-state index in [1.807, 2.05) is 6.07 Å². The molecule has 6 nitrogen and oxygen atoms in total. The van der Waals surface area contributed by atoms with Crippen molar-refractivity contribution in [1.82, 2.24) is 0 Å². The summed E-state index contributed by atoms with van der Waals surface area (Å²) in [4.78, 5) is 18.4. The Kier molecular flexibility index (Phi) is 7.81. The van der Waals surface area contributed by atoms with Crippen molar-refractivity contribution in [3.05, 3.63) is 98.5 Å². The number of carbonyl (C=O) groups is 1. The van der Waals surface area contributed by atoms with Crippen LogP contribution >= 0.6 is 23.2 Å². The summed E-state index contributed by atoms with van der Waals surface area (Å²) in [6.45, 7) is 3.22. The van der Waals surface area contributed by atoms with E-state index in [1.165, 1.54) is 48.5 Å². The molecule has 12 heteroatoms. The Morgan fingerprint density at radius 2 is 1.77 bits per heavy atom. The molecule has 0 fully saturated rings. The number of alkyl halides is 3. The van der Waals surface area contributed by atoms with Crippen molar-refractivity contribution in [3.63, 3.8) is 0 Å². The van der Waals surface area contributed by atoms with Crippen molar-refractivity contribution >= 4 is 44.5 Å². The smallest absolute Gasteiger partial charge is 0.374 e. The van der Waals surface area contributed by atoms with Gasteiger partial charge >= 0.3 is 6.18 Å². The molecule has 0 aliphatic carbocycles. The summed E-state index contributed by atoms with van der Waals surface area (Å²) < 4.78 is 60.3. The van der Waals surface area contributed by atoms with E-state index in [0.717, 1.165) is 12.1 Å². The maximum atomic E-state index is 14.3. The van der Waals surface area contributed by atoms with Gasteiger partial charge in [-0.15, -0.1) is 0 Å². The molecule has 0 radical (unpaired) electrons. The molecule has 0 saturated heterocycles. The number of halogens is 5. The van der Waals surface area contributed by atoms with Crippen LogP contribution in [-0.2, 0) is 20.2 Å². The standard InChI is InChI=1S/C27H20Cl2F3N3O3S/c1-3-39(37,22-7-4-17(15-33)5-8-22)35-25(36)23-9-6-18(10-16(23)2)24-14-26(38-34-24,27(30,31)32)19-11-20(28)13-21(29)12-19/h4-13H,3,14H2,1-2H3. The molecule has 39 heavy (non-hydrogen) atoms. The topological polar surface area (TPSA) is 91.9 Å². The van der Waals surface area contributed by atoms with Gasteiger partial charge in [0.2, 0.25) is 0 Å². The highest BCUT2D eigenvalue weighted by atomic mass is 35.5. The van der Waals surface area contributed by atoms with Gasteiger partial charge in [-0.3, -0.25) is 4.79 Å². The molecule has 0 spiro atoms. The van der Waals surface area contributed by atoms with Crippen LogP contribution in [0.4, 0.5) is 13.2 Å².